The maximum Gasteiger partial charge on any atom is 0.211 e. The monoisotopic (exact) mass is 614 g/mol. The first-order chi connectivity index (χ1) is 21.6. The van der Waals surface area contributed by atoms with Crippen LogP contribution in [0.4, 0.5) is 10.8 Å². The van der Waals surface area contributed by atoms with E-state index in [1.165, 1.54) is 11.3 Å². The second-order valence-corrected chi connectivity index (χ2v) is 11.4. The van der Waals surface area contributed by atoms with Crippen molar-refractivity contribution in [3.05, 3.63) is 119 Å². The Kier molecular flexibility index (Phi) is 7.52. The highest BCUT2D eigenvalue weighted by atomic mass is 35.5. The van der Waals surface area contributed by atoms with Gasteiger partial charge in [0.05, 0.1) is 24.2 Å². The topological polar surface area (TPSA) is 90.8 Å². The molecule has 0 saturated heterocycles. The Morgan fingerprint density at radius 1 is 0.864 bits per heavy atom. The van der Waals surface area contributed by atoms with Crippen LogP contribution in [0.5, 0.6) is 5.75 Å². The molecule has 0 unspecified atom stereocenters. The third-order valence-electron chi connectivity index (χ3n) is 7.48. The zero-order valence-corrected chi connectivity index (χ0v) is 25.6. The number of thiazole rings is 1. The van der Waals surface area contributed by atoms with E-state index in [9.17, 15) is 0 Å². The van der Waals surface area contributed by atoms with Gasteiger partial charge in [0, 0.05) is 49.0 Å². The minimum atomic E-state index is 0.493. The average Bonchev–Trinajstić information content (AvgIpc) is 3.78. The molecule has 7 aromatic rings. The molecular formula is C35H27ClN6OS. The second kappa shape index (κ2) is 11.9. The number of azo groups is 1. The summed E-state index contributed by atoms with van der Waals surface area (Å²) in [6.07, 6.45) is 0.782. The number of hydrogen-bond acceptors (Lipinski definition) is 5. The Bertz CT molecular complexity index is 2160. The van der Waals surface area contributed by atoms with E-state index in [1.807, 2.05) is 78.2 Å². The van der Waals surface area contributed by atoms with Crippen LogP contribution in [0.3, 0.4) is 0 Å². The number of rotatable bonds is 7. The van der Waals surface area contributed by atoms with E-state index >= 15 is 0 Å². The van der Waals surface area contributed by atoms with E-state index in [-0.39, 0.29) is 0 Å². The fourth-order valence-corrected chi connectivity index (χ4v) is 6.17. The van der Waals surface area contributed by atoms with Crippen LogP contribution >= 0.6 is 22.9 Å². The number of aromatic amines is 2. The standard InChI is InChI=1S/C35H27ClN6OS/c1-3-27-32(26-9-5-6-10-28(26)37-27)34(42-41-23-16-18-24(43-2)19-17-23)40-35-39-30(20-44-35)31-25-8-4-7-11-29(25)38-33(31)21-12-14-22(36)15-13-21/h4-20,37-38H,3H2,1-2H3/b40-34-,42-41?. The number of amidine groups is 1. The van der Waals surface area contributed by atoms with Crippen LogP contribution < -0.4 is 4.74 Å². The SMILES string of the molecule is CCc1[nH]c2ccccc2c1/C(N=Nc1ccc(OC)cc1)=N/c1nc(-c2c(-c3ccc(Cl)cc3)[nH]c3ccccc23)cs1. The van der Waals surface area contributed by atoms with E-state index in [1.54, 1.807) is 7.11 Å². The number of fused-ring (bicyclic) bond motifs is 2. The van der Waals surface area contributed by atoms with Crippen molar-refractivity contribution in [3.63, 3.8) is 0 Å². The molecule has 0 atom stereocenters. The van der Waals surface area contributed by atoms with E-state index < -0.39 is 0 Å². The van der Waals surface area contributed by atoms with E-state index in [0.29, 0.717) is 21.7 Å². The molecule has 0 saturated carbocycles. The van der Waals surface area contributed by atoms with Gasteiger partial charge in [0.1, 0.15) is 5.75 Å². The van der Waals surface area contributed by atoms with Crippen LogP contribution in [0.1, 0.15) is 18.2 Å². The van der Waals surface area contributed by atoms with E-state index in [2.05, 4.69) is 46.3 Å². The van der Waals surface area contributed by atoms with Gasteiger partial charge < -0.3 is 14.7 Å². The summed E-state index contributed by atoms with van der Waals surface area (Å²) >= 11 is 7.68. The van der Waals surface area contributed by atoms with Crippen LogP contribution in [0.2, 0.25) is 5.02 Å². The Labute approximate surface area is 263 Å². The number of aliphatic imine (C=N–C) groups is 1. The Morgan fingerprint density at radius 3 is 2.30 bits per heavy atom. The van der Waals surface area contributed by atoms with Gasteiger partial charge in [-0.3, -0.25) is 0 Å². The summed E-state index contributed by atoms with van der Waals surface area (Å²) < 4.78 is 5.30. The minimum absolute atomic E-state index is 0.493. The van der Waals surface area contributed by atoms with Gasteiger partial charge in [-0.2, -0.15) is 4.99 Å². The third-order valence-corrected chi connectivity index (χ3v) is 8.47. The van der Waals surface area contributed by atoms with Crippen LogP contribution in [0.15, 0.2) is 118 Å². The highest BCUT2D eigenvalue weighted by Crippen LogP contribution is 2.40. The van der Waals surface area contributed by atoms with Gasteiger partial charge in [-0.25, -0.2) is 4.98 Å². The summed E-state index contributed by atoms with van der Waals surface area (Å²) in [7, 11) is 1.64. The van der Waals surface area contributed by atoms with Crippen LogP contribution in [-0.2, 0) is 6.42 Å². The zero-order valence-electron chi connectivity index (χ0n) is 24.0. The zero-order chi connectivity index (χ0) is 30.0. The molecule has 44 heavy (non-hydrogen) atoms. The van der Waals surface area contributed by atoms with Crippen LogP contribution in [0, 0.1) is 0 Å². The number of nitrogens with one attached hydrogen (secondary N) is 2. The maximum atomic E-state index is 6.20. The summed E-state index contributed by atoms with van der Waals surface area (Å²) in [5.41, 5.74) is 8.57. The lowest BCUT2D eigenvalue weighted by atomic mass is 10.0. The summed E-state index contributed by atoms with van der Waals surface area (Å²) in [5, 5.41) is 14.7. The summed E-state index contributed by atoms with van der Waals surface area (Å²) in [6, 6.07) is 31.7. The lowest BCUT2D eigenvalue weighted by Gasteiger charge is -2.04. The largest absolute Gasteiger partial charge is 0.497 e. The molecule has 216 valence electrons. The number of halogens is 1. The molecule has 3 heterocycles. The highest BCUT2D eigenvalue weighted by molar-refractivity contribution is 7.13. The van der Waals surface area contributed by atoms with Gasteiger partial charge in [0.15, 0.2) is 5.84 Å². The number of ether oxygens (including phenoxy) is 1. The fraction of sp³-hybridized carbons (Fsp3) is 0.0857. The molecule has 0 aliphatic carbocycles. The van der Waals surface area contributed by atoms with E-state index in [0.717, 1.165) is 67.7 Å². The quantitative estimate of drug-likeness (QED) is 0.106. The molecule has 2 N–H and O–H groups in total. The van der Waals surface area contributed by atoms with Gasteiger partial charge in [0.2, 0.25) is 5.13 Å². The van der Waals surface area contributed by atoms with Crippen molar-refractivity contribution in [3.8, 4) is 28.3 Å². The molecule has 0 bridgehead atoms. The number of benzene rings is 4. The molecule has 0 aliphatic heterocycles. The molecule has 0 amide bonds. The Balaban J connectivity index is 1.36. The molecule has 0 radical (unpaired) electrons. The van der Waals surface area contributed by atoms with Gasteiger partial charge in [-0.05, 0) is 60.5 Å². The molecular weight excluding hydrogens is 588 g/mol. The molecule has 7 nitrogen and oxygen atoms in total. The first-order valence-corrected chi connectivity index (χ1v) is 15.4. The average molecular weight is 615 g/mol. The minimum Gasteiger partial charge on any atom is -0.497 e. The van der Waals surface area contributed by atoms with Gasteiger partial charge >= 0.3 is 0 Å². The Morgan fingerprint density at radius 2 is 1.57 bits per heavy atom. The molecule has 3 aromatic heterocycles. The number of hydrogen-bond donors (Lipinski definition) is 2. The van der Waals surface area contributed by atoms with Crippen molar-refractivity contribution in [2.24, 2.45) is 15.2 Å². The molecule has 0 fully saturated rings. The van der Waals surface area contributed by atoms with E-state index in [4.69, 9.17) is 31.4 Å². The predicted octanol–water partition coefficient (Wildman–Crippen LogP) is 10.5. The van der Waals surface area contributed by atoms with Gasteiger partial charge in [0.25, 0.3) is 0 Å². The number of aryl methyl sites for hydroxylation is 1. The Hall–Kier alpha value is -5.05. The van der Waals surface area contributed by atoms with Gasteiger partial charge in [-0.15, -0.1) is 21.6 Å². The van der Waals surface area contributed by atoms with Crippen molar-refractivity contribution in [2.45, 2.75) is 13.3 Å². The van der Waals surface area contributed by atoms with Crippen LogP contribution in [0.25, 0.3) is 44.3 Å². The van der Waals surface area contributed by atoms with Crippen LogP contribution in [-0.4, -0.2) is 27.9 Å². The highest BCUT2D eigenvalue weighted by Gasteiger charge is 2.20. The number of nitrogens with zero attached hydrogens (tertiary/aromatic N) is 4. The maximum absolute atomic E-state index is 6.20. The molecule has 0 aliphatic rings. The first-order valence-electron chi connectivity index (χ1n) is 14.2. The fourth-order valence-electron chi connectivity index (χ4n) is 5.36. The predicted molar refractivity (Wildman–Crippen MR) is 181 cm³/mol. The van der Waals surface area contributed by atoms with Crippen molar-refractivity contribution in [2.75, 3.05) is 7.11 Å². The smallest absolute Gasteiger partial charge is 0.211 e. The number of para-hydroxylation sites is 2. The molecule has 4 aromatic carbocycles. The van der Waals surface area contributed by atoms with Crippen molar-refractivity contribution >= 4 is 61.4 Å². The summed E-state index contributed by atoms with van der Waals surface area (Å²) in [4.78, 5) is 17.2. The lowest BCUT2D eigenvalue weighted by Crippen LogP contribution is -2.00. The normalized spacial score (nSPS) is 12.1. The first kappa shape index (κ1) is 27.8. The number of H-pyrrole nitrogens is 2. The summed E-state index contributed by atoms with van der Waals surface area (Å²) in [6.45, 7) is 2.11. The summed E-state index contributed by atoms with van der Waals surface area (Å²) in [5.74, 6) is 1.25. The molecule has 9 heteroatoms. The van der Waals surface area contributed by atoms with Gasteiger partial charge in [-0.1, -0.05) is 67.1 Å². The number of aromatic nitrogens is 3. The molecule has 0 spiro atoms. The van der Waals surface area contributed by atoms with Crippen molar-refractivity contribution < 1.29 is 4.74 Å². The second-order valence-electron chi connectivity index (χ2n) is 10.2. The van der Waals surface area contributed by atoms with Crippen molar-refractivity contribution in [1.29, 1.82) is 0 Å². The number of methoxy groups -OCH3 is 1. The lowest BCUT2D eigenvalue weighted by molar-refractivity contribution is 0.415. The third kappa shape index (κ3) is 5.30. The molecule has 7 rings (SSSR count). The van der Waals surface area contributed by atoms with Crippen molar-refractivity contribution in [1.82, 2.24) is 15.0 Å².